The summed E-state index contributed by atoms with van der Waals surface area (Å²) in [6.07, 6.45) is 6.73. The van der Waals surface area contributed by atoms with E-state index in [2.05, 4.69) is 35.4 Å². The van der Waals surface area contributed by atoms with E-state index in [-0.39, 0.29) is 5.91 Å². The van der Waals surface area contributed by atoms with Gasteiger partial charge in [-0.25, -0.2) is 4.68 Å². The normalized spacial score (nSPS) is 15.2. The first-order chi connectivity index (χ1) is 12.8. The summed E-state index contributed by atoms with van der Waals surface area (Å²) < 4.78 is 1.76. The van der Waals surface area contributed by atoms with Crippen LogP contribution in [-0.2, 0) is 6.42 Å². The number of carbonyl (C=O) groups excluding carboxylic acids is 1. The molecule has 4 rings (SSSR count). The molecular formula is C22H23N3O. The van der Waals surface area contributed by atoms with Gasteiger partial charge in [0.25, 0.3) is 5.91 Å². The Hall–Kier alpha value is -2.88. The first-order valence-corrected chi connectivity index (χ1v) is 9.23. The van der Waals surface area contributed by atoms with E-state index in [1.807, 2.05) is 41.4 Å². The van der Waals surface area contributed by atoms with Crippen LogP contribution in [0.25, 0.3) is 5.69 Å². The molecule has 0 radical (unpaired) electrons. The van der Waals surface area contributed by atoms with Crippen LogP contribution in [0.4, 0.5) is 0 Å². The standard InChI is InChI=1S/C22H23N3O/c26-22(20-16-23-25(17-20)21-9-5-2-6-10-21)24-13-11-19(12-14-24)15-18-7-3-1-4-8-18/h1-10,16-17,19H,11-15H2. The van der Waals surface area contributed by atoms with Crippen LogP contribution in [0.3, 0.4) is 0 Å². The second kappa shape index (κ2) is 7.56. The van der Waals surface area contributed by atoms with Gasteiger partial charge in [-0.1, -0.05) is 48.5 Å². The maximum Gasteiger partial charge on any atom is 0.257 e. The molecule has 2 heterocycles. The highest BCUT2D eigenvalue weighted by molar-refractivity contribution is 5.93. The van der Waals surface area contributed by atoms with Crippen LogP contribution >= 0.6 is 0 Å². The number of amides is 1. The van der Waals surface area contributed by atoms with Gasteiger partial charge in [-0.05, 0) is 42.9 Å². The van der Waals surface area contributed by atoms with E-state index in [1.165, 1.54) is 5.56 Å². The summed E-state index contributed by atoms with van der Waals surface area (Å²) in [7, 11) is 0. The van der Waals surface area contributed by atoms with Gasteiger partial charge in [-0.3, -0.25) is 4.79 Å². The summed E-state index contributed by atoms with van der Waals surface area (Å²) in [5.41, 5.74) is 3.02. The minimum Gasteiger partial charge on any atom is -0.339 e. The molecule has 0 saturated carbocycles. The van der Waals surface area contributed by atoms with Crippen molar-refractivity contribution in [2.24, 2.45) is 5.92 Å². The fraction of sp³-hybridized carbons (Fsp3) is 0.273. The number of carbonyl (C=O) groups is 1. The SMILES string of the molecule is O=C(c1cnn(-c2ccccc2)c1)N1CCC(Cc2ccccc2)CC1. The summed E-state index contributed by atoms with van der Waals surface area (Å²) in [4.78, 5) is 14.7. The monoisotopic (exact) mass is 345 g/mol. The Balaban J connectivity index is 1.36. The van der Waals surface area contributed by atoms with Crippen molar-refractivity contribution in [1.29, 1.82) is 0 Å². The second-order valence-electron chi connectivity index (χ2n) is 6.93. The largest absolute Gasteiger partial charge is 0.339 e. The quantitative estimate of drug-likeness (QED) is 0.718. The molecule has 0 aliphatic carbocycles. The molecule has 4 nitrogen and oxygen atoms in total. The molecule has 2 aromatic carbocycles. The van der Waals surface area contributed by atoms with Crippen molar-refractivity contribution in [3.05, 3.63) is 84.2 Å². The molecule has 1 aliphatic rings. The van der Waals surface area contributed by atoms with Gasteiger partial charge >= 0.3 is 0 Å². The Labute approximate surface area is 154 Å². The number of aromatic nitrogens is 2. The van der Waals surface area contributed by atoms with E-state index < -0.39 is 0 Å². The van der Waals surface area contributed by atoms with Crippen molar-refractivity contribution in [2.75, 3.05) is 13.1 Å². The molecule has 4 heteroatoms. The van der Waals surface area contributed by atoms with Gasteiger partial charge in [-0.2, -0.15) is 5.10 Å². The molecule has 0 bridgehead atoms. The smallest absolute Gasteiger partial charge is 0.257 e. The Morgan fingerprint density at radius 2 is 1.62 bits per heavy atom. The zero-order valence-corrected chi connectivity index (χ0v) is 14.8. The van der Waals surface area contributed by atoms with Gasteiger partial charge in [0.05, 0.1) is 17.4 Å². The number of rotatable bonds is 4. The van der Waals surface area contributed by atoms with Crippen molar-refractivity contribution in [3.8, 4) is 5.69 Å². The molecule has 1 amide bonds. The number of hydrogen-bond donors (Lipinski definition) is 0. The summed E-state index contributed by atoms with van der Waals surface area (Å²) >= 11 is 0. The van der Waals surface area contributed by atoms with Gasteiger partial charge in [-0.15, -0.1) is 0 Å². The summed E-state index contributed by atoms with van der Waals surface area (Å²) in [6.45, 7) is 1.65. The molecule has 1 saturated heterocycles. The molecule has 0 atom stereocenters. The van der Waals surface area contributed by atoms with E-state index in [9.17, 15) is 4.79 Å². The maximum atomic E-state index is 12.8. The summed E-state index contributed by atoms with van der Waals surface area (Å²) in [5.74, 6) is 0.749. The molecule has 3 aromatic rings. The minimum atomic E-state index is 0.0883. The molecule has 0 N–H and O–H groups in total. The predicted octanol–water partition coefficient (Wildman–Crippen LogP) is 3.97. The number of hydrogen-bond acceptors (Lipinski definition) is 2. The van der Waals surface area contributed by atoms with Gasteiger partial charge in [0.15, 0.2) is 0 Å². The zero-order valence-electron chi connectivity index (χ0n) is 14.8. The maximum absolute atomic E-state index is 12.8. The number of para-hydroxylation sites is 1. The molecule has 0 unspecified atom stereocenters. The zero-order chi connectivity index (χ0) is 17.8. The van der Waals surface area contributed by atoms with Crippen LogP contribution in [0, 0.1) is 5.92 Å². The van der Waals surface area contributed by atoms with E-state index in [1.54, 1.807) is 10.9 Å². The van der Waals surface area contributed by atoms with Crippen LogP contribution in [0.15, 0.2) is 73.1 Å². The third-order valence-electron chi connectivity index (χ3n) is 5.12. The average molecular weight is 345 g/mol. The fourth-order valence-electron chi connectivity index (χ4n) is 3.63. The third kappa shape index (κ3) is 3.69. The fourth-order valence-corrected chi connectivity index (χ4v) is 3.63. The van der Waals surface area contributed by atoms with Crippen molar-refractivity contribution in [1.82, 2.24) is 14.7 Å². The lowest BCUT2D eigenvalue weighted by atomic mass is 9.90. The highest BCUT2D eigenvalue weighted by Gasteiger charge is 2.24. The van der Waals surface area contributed by atoms with Crippen molar-refractivity contribution in [2.45, 2.75) is 19.3 Å². The van der Waals surface area contributed by atoms with Gasteiger partial charge < -0.3 is 4.90 Å². The molecular weight excluding hydrogens is 322 g/mol. The average Bonchev–Trinajstić information content (AvgIpc) is 3.20. The van der Waals surface area contributed by atoms with E-state index in [4.69, 9.17) is 0 Å². The number of likely N-dealkylation sites (tertiary alicyclic amines) is 1. The molecule has 0 spiro atoms. The van der Waals surface area contributed by atoms with Crippen LogP contribution < -0.4 is 0 Å². The van der Waals surface area contributed by atoms with E-state index in [0.29, 0.717) is 11.5 Å². The molecule has 26 heavy (non-hydrogen) atoms. The number of benzene rings is 2. The number of nitrogens with zero attached hydrogens (tertiary/aromatic N) is 3. The Bertz CT molecular complexity index is 849. The van der Waals surface area contributed by atoms with Crippen LogP contribution in [0.5, 0.6) is 0 Å². The van der Waals surface area contributed by atoms with Gasteiger partial charge in [0, 0.05) is 19.3 Å². The lowest BCUT2D eigenvalue weighted by Gasteiger charge is -2.31. The first kappa shape index (κ1) is 16.6. The number of piperidine rings is 1. The Morgan fingerprint density at radius 1 is 0.962 bits per heavy atom. The van der Waals surface area contributed by atoms with E-state index >= 15 is 0 Å². The van der Waals surface area contributed by atoms with Crippen molar-refractivity contribution < 1.29 is 4.79 Å². The lowest BCUT2D eigenvalue weighted by molar-refractivity contribution is 0.0690. The Morgan fingerprint density at radius 3 is 2.31 bits per heavy atom. The molecule has 1 aliphatic heterocycles. The Kier molecular flexibility index (Phi) is 4.82. The molecule has 1 aromatic heterocycles. The van der Waals surface area contributed by atoms with E-state index in [0.717, 1.165) is 38.0 Å². The topological polar surface area (TPSA) is 38.1 Å². The predicted molar refractivity (Wildman–Crippen MR) is 102 cm³/mol. The van der Waals surface area contributed by atoms with Crippen molar-refractivity contribution >= 4 is 5.91 Å². The second-order valence-corrected chi connectivity index (χ2v) is 6.93. The lowest BCUT2D eigenvalue weighted by Crippen LogP contribution is -2.38. The molecule has 1 fully saturated rings. The summed E-state index contributed by atoms with van der Waals surface area (Å²) in [6, 6.07) is 20.5. The minimum absolute atomic E-state index is 0.0883. The van der Waals surface area contributed by atoms with Crippen LogP contribution in [-0.4, -0.2) is 33.7 Å². The van der Waals surface area contributed by atoms with Gasteiger partial charge in [0.1, 0.15) is 0 Å². The van der Waals surface area contributed by atoms with Gasteiger partial charge in [0.2, 0.25) is 0 Å². The molecule has 132 valence electrons. The highest BCUT2D eigenvalue weighted by atomic mass is 16.2. The third-order valence-corrected chi connectivity index (χ3v) is 5.12. The van der Waals surface area contributed by atoms with Crippen LogP contribution in [0.1, 0.15) is 28.8 Å². The van der Waals surface area contributed by atoms with Crippen LogP contribution in [0.2, 0.25) is 0 Å². The summed E-state index contributed by atoms with van der Waals surface area (Å²) in [5, 5.41) is 4.34. The van der Waals surface area contributed by atoms with Crippen molar-refractivity contribution in [3.63, 3.8) is 0 Å². The first-order valence-electron chi connectivity index (χ1n) is 9.23. The highest BCUT2D eigenvalue weighted by Crippen LogP contribution is 2.23.